The summed E-state index contributed by atoms with van der Waals surface area (Å²) in [4.78, 5) is 19.1. The largest absolute Gasteiger partial charge is 0.484 e. The lowest BCUT2D eigenvalue weighted by Gasteiger charge is -2.26. The fraction of sp³-hybridized carbons (Fsp3) is 0.667. The minimum atomic E-state index is -0.0341. The highest BCUT2D eigenvalue weighted by molar-refractivity contribution is 5.80. The van der Waals surface area contributed by atoms with Crippen molar-refractivity contribution in [3.05, 3.63) is 29.8 Å². The summed E-state index contributed by atoms with van der Waals surface area (Å²) in [6.45, 7) is 6.20. The standard InChI is InChI=1S/C24H36N4O2/c1-2-25-23(28-16-14-24(18-28)12-3-4-13-24)26-15-11-19-5-9-21(10-6-19)30-17-22(29)27-20-7-8-20/h5-6,9-10,20H,2-4,7-8,11-18H2,1H3,(H,25,26)(H,27,29). The summed E-state index contributed by atoms with van der Waals surface area (Å²) in [6.07, 6.45) is 9.97. The smallest absolute Gasteiger partial charge is 0.258 e. The molecule has 3 fully saturated rings. The number of nitrogens with zero attached hydrogens (tertiary/aromatic N) is 2. The van der Waals surface area contributed by atoms with Gasteiger partial charge in [0.15, 0.2) is 12.6 Å². The monoisotopic (exact) mass is 412 g/mol. The van der Waals surface area contributed by atoms with E-state index >= 15 is 0 Å². The topological polar surface area (TPSA) is 66.0 Å². The van der Waals surface area contributed by atoms with Crippen LogP contribution in [0.5, 0.6) is 5.75 Å². The van der Waals surface area contributed by atoms with Crippen molar-refractivity contribution in [3.63, 3.8) is 0 Å². The Morgan fingerprint density at radius 1 is 1.20 bits per heavy atom. The number of hydrogen-bond donors (Lipinski definition) is 2. The molecule has 1 heterocycles. The summed E-state index contributed by atoms with van der Waals surface area (Å²) >= 11 is 0. The maximum absolute atomic E-state index is 11.7. The van der Waals surface area contributed by atoms with Crippen LogP contribution in [0.25, 0.3) is 0 Å². The molecule has 1 aromatic carbocycles. The fourth-order valence-corrected chi connectivity index (χ4v) is 4.76. The van der Waals surface area contributed by atoms with Crippen LogP contribution in [0.1, 0.15) is 57.4 Å². The first kappa shape index (κ1) is 21.0. The second-order valence-electron chi connectivity index (χ2n) is 9.14. The number of likely N-dealkylation sites (tertiary alicyclic amines) is 1. The Hall–Kier alpha value is -2.24. The number of hydrogen-bond acceptors (Lipinski definition) is 3. The van der Waals surface area contributed by atoms with Crippen LogP contribution >= 0.6 is 0 Å². The highest BCUT2D eigenvalue weighted by Crippen LogP contribution is 2.45. The molecule has 2 aliphatic carbocycles. The minimum absolute atomic E-state index is 0.0341. The fourth-order valence-electron chi connectivity index (χ4n) is 4.76. The molecule has 6 heteroatoms. The lowest BCUT2D eigenvalue weighted by atomic mass is 9.86. The lowest BCUT2D eigenvalue weighted by molar-refractivity contribution is -0.123. The second-order valence-corrected chi connectivity index (χ2v) is 9.14. The van der Waals surface area contributed by atoms with E-state index in [0.717, 1.165) is 50.6 Å². The molecule has 0 radical (unpaired) electrons. The first-order valence-corrected chi connectivity index (χ1v) is 11.7. The molecular formula is C24H36N4O2. The van der Waals surface area contributed by atoms with Gasteiger partial charge >= 0.3 is 0 Å². The third kappa shape index (κ3) is 5.67. The van der Waals surface area contributed by atoms with Crippen LogP contribution in [0, 0.1) is 5.41 Å². The Balaban J connectivity index is 1.24. The first-order chi connectivity index (χ1) is 14.7. The number of benzene rings is 1. The van der Waals surface area contributed by atoms with Gasteiger partial charge in [0.1, 0.15) is 5.75 Å². The highest BCUT2D eigenvalue weighted by atomic mass is 16.5. The van der Waals surface area contributed by atoms with Crippen molar-refractivity contribution in [3.8, 4) is 5.75 Å². The molecule has 0 aromatic heterocycles. The molecule has 1 spiro atoms. The summed E-state index contributed by atoms with van der Waals surface area (Å²) in [7, 11) is 0. The number of rotatable bonds is 8. The van der Waals surface area contributed by atoms with Crippen molar-refractivity contribution in [2.75, 3.05) is 32.8 Å². The Kier molecular flexibility index (Phi) is 6.80. The molecule has 0 bridgehead atoms. The zero-order valence-electron chi connectivity index (χ0n) is 18.3. The Bertz CT molecular complexity index is 736. The molecule has 6 nitrogen and oxygen atoms in total. The van der Waals surface area contributed by atoms with Gasteiger partial charge in [0.2, 0.25) is 0 Å². The molecule has 2 N–H and O–H groups in total. The van der Waals surface area contributed by atoms with E-state index in [-0.39, 0.29) is 12.5 Å². The molecule has 1 saturated heterocycles. The van der Waals surface area contributed by atoms with E-state index in [1.165, 1.54) is 44.2 Å². The number of amides is 1. The number of aliphatic imine (C=N–C) groups is 1. The van der Waals surface area contributed by atoms with Gasteiger partial charge in [0, 0.05) is 32.2 Å². The summed E-state index contributed by atoms with van der Waals surface area (Å²) in [6, 6.07) is 8.40. The van der Waals surface area contributed by atoms with E-state index in [1.54, 1.807) is 0 Å². The van der Waals surface area contributed by atoms with Crippen LogP contribution < -0.4 is 15.4 Å². The van der Waals surface area contributed by atoms with E-state index in [9.17, 15) is 4.79 Å². The third-order valence-corrected chi connectivity index (χ3v) is 6.63. The molecule has 1 aromatic rings. The van der Waals surface area contributed by atoms with E-state index in [2.05, 4.69) is 34.6 Å². The molecular weight excluding hydrogens is 376 g/mol. The highest BCUT2D eigenvalue weighted by Gasteiger charge is 2.41. The number of nitrogens with one attached hydrogen (secondary N) is 2. The van der Waals surface area contributed by atoms with Crippen LogP contribution in [0.2, 0.25) is 0 Å². The first-order valence-electron chi connectivity index (χ1n) is 11.7. The van der Waals surface area contributed by atoms with Crippen molar-refractivity contribution >= 4 is 11.9 Å². The van der Waals surface area contributed by atoms with Crippen molar-refractivity contribution in [1.29, 1.82) is 0 Å². The molecule has 2 saturated carbocycles. The zero-order chi connectivity index (χ0) is 20.8. The summed E-state index contributed by atoms with van der Waals surface area (Å²) in [5, 5.41) is 6.42. The molecule has 4 rings (SSSR count). The Morgan fingerprint density at radius 3 is 2.67 bits per heavy atom. The number of carbonyl (C=O) groups is 1. The number of ether oxygens (including phenoxy) is 1. The van der Waals surface area contributed by atoms with Gasteiger partial charge in [-0.05, 0) is 68.6 Å². The molecule has 0 unspecified atom stereocenters. The average Bonchev–Trinajstić information content (AvgIpc) is 3.29. The van der Waals surface area contributed by atoms with Gasteiger partial charge in [0.25, 0.3) is 5.91 Å². The van der Waals surface area contributed by atoms with E-state index in [0.29, 0.717) is 11.5 Å². The molecule has 1 aliphatic heterocycles. The Labute approximate surface area is 180 Å². The van der Waals surface area contributed by atoms with Gasteiger partial charge in [0.05, 0.1) is 0 Å². The molecule has 1 amide bonds. The van der Waals surface area contributed by atoms with E-state index in [4.69, 9.17) is 9.73 Å². The van der Waals surface area contributed by atoms with Gasteiger partial charge in [-0.15, -0.1) is 0 Å². The van der Waals surface area contributed by atoms with E-state index in [1.807, 2.05) is 12.1 Å². The van der Waals surface area contributed by atoms with Gasteiger partial charge in [-0.1, -0.05) is 25.0 Å². The summed E-state index contributed by atoms with van der Waals surface area (Å²) in [5.74, 6) is 1.77. The maximum Gasteiger partial charge on any atom is 0.258 e. The number of carbonyl (C=O) groups excluding carboxylic acids is 1. The second kappa shape index (κ2) is 9.71. The van der Waals surface area contributed by atoms with Crippen molar-refractivity contribution in [1.82, 2.24) is 15.5 Å². The SMILES string of the molecule is CCNC(=NCCc1ccc(OCC(=O)NC2CC2)cc1)N1CCC2(CCCC2)C1. The van der Waals surface area contributed by atoms with Crippen LogP contribution in [-0.2, 0) is 11.2 Å². The average molecular weight is 413 g/mol. The minimum Gasteiger partial charge on any atom is -0.484 e. The number of guanidine groups is 1. The molecule has 30 heavy (non-hydrogen) atoms. The summed E-state index contributed by atoms with van der Waals surface area (Å²) < 4.78 is 5.58. The van der Waals surface area contributed by atoms with Crippen molar-refractivity contribution < 1.29 is 9.53 Å². The lowest BCUT2D eigenvalue weighted by Crippen LogP contribution is -2.41. The van der Waals surface area contributed by atoms with Crippen LogP contribution in [0.4, 0.5) is 0 Å². The van der Waals surface area contributed by atoms with E-state index < -0.39 is 0 Å². The van der Waals surface area contributed by atoms with Crippen molar-refractivity contribution in [2.24, 2.45) is 10.4 Å². The summed E-state index contributed by atoms with van der Waals surface area (Å²) in [5.41, 5.74) is 1.79. The van der Waals surface area contributed by atoms with Crippen LogP contribution in [0.15, 0.2) is 29.3 Å². The predicted molar refractivity (Wildman–Crippen MR) is 120 cm³/mol. The molecule has 0 atom stereocenters. The van der Waals surface area contributed by atoms with Gasteiger partial charge in [-0.25, -0.2) is 0 Å². The van der Waals surface area contributed by atoms with Gasteiger partial charge < -0.3 is 20.3 Å². The van der Waals surface area contributed by atoms with Gasteiger partial charge in [-0.2, -0.15) is 0 Å². The molecule has 3 aliphatic rings. The van der Waals surface area contributed by atoms with Crippen molar-refractivity contribution in [2.45, 2.75) is 64.3 Å². The van der Waals surface area contributed by atoms with Crippen LogP contribution in [-0.4, -0.2) is 55.6 Å². The van der Waals surface area contributed by atoms with Gasteiger partial charge in [-0.3, -0.25) is 9.79 Å². The molecule has 164 valence electrons. The maximum atomic E-state index is 11.7. The Morgan fingerprint density at radius 2 is 1.97 bits per heavy atom. The quantitative estimate of drug-likeness (QED) is 0.509. The third-order valence-electron chi connectivity index (χ3n) is 6.63. The predicted octanol–water partition coefficient (Wildman–Crippen LogP) is 3.12. The van der Waals surface area contributed by atoms with Crippen LogP contribution in [0.3, 0.4) is 0 Å². The normalized spacial score (nSPS) is 20.6. The zero-order valence-corrected chi connectivity index (χ0v) is 18.3.